The Morgan fingerprint density at radius 3 is 2.67 bits per heavy atom. The molecule has 0 saturated carbocycles. The average molecular weight is 340 g/mol. The van der Waals surface area contributed by atoms with Gasteiger partial charge in [-0.1, -0.05) is 6.92 Å². The molecule has 0 aromatic heterocycles. The summed E-state index contributed by atoms with van der Waals surface area (Å²) in [4.78, 5) is 16.5. The van der Waals surface area contributed by atoms with Crippen LogP contribution in [-0.2, 0) is 4.74 Å². The van der Waals surface area contributed by atoms with Crippen molar-refractivity contribution in [3.8, 4) is 0 Å². The summed E-state index contributed by atoms with van der Waals surface area (Å²) in [6.45, 7) is 14.5. The first-order valence-electron chi connectivity index (χ1n) is 9.81. The van der Waals surface area contributed by atoms with Crippen molar-refractivity contribution in [3.05, 3.63) is 0 Å². The summed E-state index contributed by atoms with van der Waals surface area (Å²) in [5.41, 5.74) is -0.400. The zero-order valence-electron chi connectivity index (χ0n) is 16.1. The Kier molecular flexibility index (Phi) is 7.35. The van der Waals surface area contributed by atoms with Crippen LogP contribution < -0.4 is 5.32 Å². The maximum absolute atomic E-state index is 12.1. The molecule has 0 aromatic carbocycles. The lowest BCUT2D eigenvalue weighted by molar-refractivity contribution is 0.0287. The van der Waals surface area contributed by atoms with Crippen LogP contribution in [0.1, 0.15) is 59.8 Å². The summed E-state index contributed by atoms with van der Waals surface area (Å²) in [5, 5.41) is 3.75. The van der Waals surface area contributed by atoms with Gasteiger partial charge in [-0.3, -0.25) is 0 Å². The minimum Gasteiger partial charge on any atom is -0.444 e. The molecule has 2 unspecified atom stereocenters. The predicted octanol–water partition coefficient (Wildman–Crippen LogP) is 3.10. The van der Waals surface area contributed by atoms with Crippen molar-refractivity contribution in [1.82, 2.24) is 15.1 Å². The number of ether oxygens (including phenoxy) is 1. The highest BCUT2D eigenvalue weighted by Gasteiger charge is 2.29. The Balaban J connectivity index is 1.63. The molecule has 1 amide bonds. The normalized spacial score (nSPS) is 26.4. The molecule has 0 radical (unpaired) electrons. The van der Waals surface area contributed by atoms with Gasteiger partial charge in [-0.2, -0.15) is 0 Å². The Morgan fingerprint density at radius 2 is 1.96 bits per heavy atom. The van der Waals surface area contributed by atoms with Crippen LogP contribution in [0.5, 0.6) is 0 Å². The minimum absolute atomic E-state index is 0.151. The molecular formula is C19H37N3O2. The van der Waals surface area contributed by atoms with Crippen molar-refractivity contribution < 1.29 is 9.53 Å². The number of hydrogen-bond acceptors (Lipinski definition) is 4. The second-order valence-corrected chi connectivity index (χ2v) is 8.39. The molecule has 2 rings (SSSR count). The van der Waals surface area contributed by atoms with Gasteiger partial charge in [0.15, 0.2) is 0 Å². The van der Waals surface area contributed by atoms with Crippen LogP contribution in [0, 0.1) is 5.92 Å². The molecule has 0 aromatic rings. The number of amides is 1. The molecule has 0 spiro atoms. The van der Waals surface area contributed by atoms with Crippen LogP contribution in [0.3, 0.4) is 0 Å². The van der Waals surface area contributed by atoms with Crippen molar-refractivity contribution in [2.24, 2.45) is 5.92 Å². The van der Waals surface area contributed by atoms with Crippen LogP contribution in [0.4, 0.5) is 4.79 Å². The topological polar surface area (TPSA) is 44.8 Å². The molecule has 2 heterocycles. The van der Waals surface area contributed by atoms with E-state index in [-0.39, 0.29) is 6.09 Å². The van der Waals surface area contributed by atoms with Crippen molar-refractivity contribution in [2.75, 3.05) is 39.3 Å². The Morgan fingerprint density at radius 1 is 1.17 bits per heavy atom. The summed E-state index contributed by atoms with van der Waals surface area (Å²) in [6, 6.07) is 0.671. The molecule has 2 saturated heterocycles. The molecule has 5 nitrogen and oxygen atoms in total. The third kappa shape index (κ3) is 6.60. The lowest BCUT2D eigenvalue weighted by Gasteiger charge is -2.24. The Hall–Kier alpha value is -0.810. The van der Waals surface area contributed by atoms with Crippen LogP contribution in [0.2, 0.25) is 0 Å². The number of carbonyl (C=O) groups is 1. The van der Waals surface area contributed by atoms with Gasteiger partial charge in [0.2, 0.25) is 0 Å². The molecule has 2 fully saturated rings. The summed E-state index contributed by atoms with van der Waals surface area (Å²) in [5.74, 6) is 0.614. The standard InChI is InChI=1S/C19H37N3O2/c1-5-21-12-6-7-17(10-13-21)20-11-8-16-9-14-22(15-16)18(23)24-19(2,3)4/h16-17,20H,5-15H2,1-4H3. The Labute approximate surface area is 148 Å². The van der Waals surface area contributed by atoms with Gasteiger partial charge in [-0.25, -0.2) is 4.79 Å². The number of rotatable bonds is 5. The fraction of sp³-hybridized carbons (Fsp3) is 0.947. The summed E-state index contributed by atoms with van der Waals surface area (Å²) < 4.78 is 5.47. The first-order valence-corrected chi connectivity index (χ1v) is 9.81. The first kappa shape index (κ1) is 19.5. The van der Waals surface area contributed by atoms with Crippen LogP contribution in [0.15, 0.2) is 0 Å². The van der Waals surface area contributed by atoms with Gasteiger partial charge >= 0.3 is 6.09 Å². The maximum Gasteiger partial charge on any atom is 0.410 e. The lowest BCUT2D eigenvalue weighted by Crippen LogP contribution is -2.36. The van der Waals surface area contributed by atoms with Crippen LogP contribution in [0.25, 0.3) is 0 Å². The third-order valence-corrected chi connectivity index (χ3v) is 5.19. The highest BCUT2D eigenvalue weighted by molar-refractivity contribution is 5.68. The molecule has 2 aliphatic rings. The monoisotopic (exact) mass is 339 g/mol. The van der Waals surface area contributed by atoms with E-state index in [0.717, 1.165) is 32.5 Å². The van der Waals surface area contributed by atoms with E-state index in [0.29, 0.717) is 12.0 Å². The highest BCUT2D eigenvalue weighted by atomic mass is 16.6. The maximum atomic E-state index is 12.1. The molecule has 0 aliphatic carbocycles. The molecular weight excluding hydrogens is 302 g/mol. The molecule has 2 aliphatic heterocycles. The highest BCUT2D eigenvalue weighted by Crippen LogP contribution is 2.22. The van der Waals surface area contributed by atoms with E-state index in [2.05, 4.69) is 17.1 Å². The molecule has 2 atom stereocenters. The van der Waals surface area contributed by atoms with Crippen molar-refractivity contribution in [1.29, 1.82) is 0 Å². The molecule has 24 heavy (non-hydrogen) atoms. The average Bonchev–Trinajstić information content (AvgIpc) is 2.85. The van der Waals surface area contributed by atoms with Crippen LogP contribution >= 0.6 is 0 Å². The van der Waals surface area contributed by atoms with E-state index in [9.17, 15) is 4.79 Å². The van der Waals surface area contributed by atoms with E-state index in [1.54, 1.807) is 0 Å². The zero-order chi connectivity index (χ0) is 17.6. The van der Waals surface area contributed by atoms with E-state index in [1.165, 1.54) is 38.9 Å². The minimum atomic E-state index is -0.400. The second-order valence-electron chi connectivity index (χ2n) is 8.39. The van der Waals surface area contributed by atoms with Gasteiger partial charge < -0.3 is 19.9 Å². The van der Waals surface area contributed by atoms with E-state index in [1.807, 2.05) is 25.7 Å². The smallest absolute Gasteiger partial charge is 0.410 e. The summed E-state index contributed by atoms with van der Waals surface area (Å²) in [6.07, 6.45) is 5.99. The third-order valence-electron chi connectivity index (χ3n) is 5.19. The van der Waals surface area contributed by atoms with E-state index in [4.69, 9.17) is 4.74 Å². The van der Waals surface area contributed by atoms with Gasteiger partial charge in [0, 0.05) is 19.1 Å². The summed E-state index contributed by atoms with van der Waals surface area (Å²) in [7, 11) is 0. The fourth-order valence-electron chi connectivity index (χ4n) is 3.73. The van der Waals surface area contributed by atoms with Crippen LogP contribution in [-0.4, -0.2) is 66.8 Å². The van der Waals surface area contributed by atoms with Crippen molar-refractivity contribution >= 4 is 6.09 Å². The molecule has 0 bridgehead atoms. The van der Waals surface area contributed by atoms with Gasteiger partial charge in [-0.15, -0.1) is 0 Å². The van der Waals surface area contributed by atoms with Crippen molar-refractivity contribution in [2.45, 2.75) is 71.4 Å². The predicted molar refractivity (Wildman–Crippen MR) is 98.3 cm³/mol. The van der Waals surface area contributed by atoms with E-state index < -0.39 is 5.60 Å². The van der Waals surface area contributed by atoms with Gasteiger partial charge in [0.05, 0.1) is 0 Å². The molecule has 1 N–H and O–H groups in total. The largest absolute Gasteiger partial charge is 0.444 e. The van der Waals surface area contributed by atoms with Crippen molar-refractivity contribution in [3.63, 3.8) is 0 Å². The number of nitrogens with one attached hydrogen (secondary N) is 1. The lowest BCUT2D eigenvalue weighted by atomic mass is 10.0. The Bertz CT molecular complexity index is 395. The van der Waals surface area contributed by atoms with Gasteiger partial charge in [-0.05, 0) is 85.0 Å². The summed E-state index contributed by atoms with van der Waals surface area (Å²) >= 11 is 0. The number of hydrogen-bond donors (Lipinski definition) is 1. The second kappa shape index (κ2) is 9.04. The molecule has 5 heteroatoms. The van der Waals surface area contributed by atoms with Gasteiger partial charge in [0.25, 0.3) is 0 Å². The zero-order valence-corrected chi connectivity index (χ0v) is 16.1. The number of carbonyl (C=O) groups excluding carboxylic acids is 1. The fourth-order valence-corrected chi connectivity index (χ4v) is 3.73. The van der Waals surface area contributed by atoms with Gasteiger partial charge in [0.1, 0.15) is 5.60 Å². The molecule has 140 valence electrons. The quantitative estimate of drug-likeness (QED) is 0.836. The first-order chi connectivity index (χ1) is 11.4. The SMILES string of the molecule is CCN1CCCC(NCCC2CCN(C(=O)OC(C)(C)C)C2)CC1. The van der Waals surface area contributed by atoms with E-state index >= 15 is 0 Å². The number of likely N-dealkylation sites (tertiary alicyclic amines) is 2. The number of nitrogens with zero attached hydrogens (tertiary/aromatic N) is 2.